The number of aromatic hydroxyl groups is 1. The second-order valence-electron chi connectivity index (χ2n) is 12.1. The molecular weight excluding hydrogens is 746 g/mol. The Balaban J connectivity index is 0.00000240. The van der Waals surface area contributed by atoms with Crippen LogP contribution in [0.2, 0.25) is 0 Å². The molecule has 0 fully saturated rings. The number of para-hydroxylation sites is 2. The average molecular weight is 787 g/mol. The van der Waals surface area contributed by atoms with E-state index in [1.165, 1.54) is 27.9 Å². The van der Waals surface area contributed by atoms with Crippen LogP contribution < -0.4 is 0 Å². The molecule has 0 unspecified atom stereocenters. The number of benzene rings is 4. The van der Waals surface area contributed by atoms with Gasteiger partial charge < -0.3 is 17.1 Å². The minimum Gasteiger partial charge on any atom is -0.507 e. The molecule has 46 heavy (non-hydrogen) atoms. The molecule has 4 aromatic carbocycles. The van der Waals surface area contributed by atoms with Crippen LogP contribution in [-0.4, -0.2) is 19.6 Å². The third-order valence-corrected chi connectivity index (χ3v) is 8.27. The van der Waals surface area contributed by atoms with Crippen LogP contribution in [0.25, 0.3) is 50.8 Å². The van der Waals surface area contributed by atoms with Gasteiger partial charge in [0, 0.05) is 28.7 Å². The van der Waals surface area contributed by atoms with E-state index in [1.54, 1.807) is 6.07 Å². The van der Waals surface area contributed by atoms with Gasteiger partial charge in [-0.05, 0) is 66.1 Å². The SMILES string of the molecule is Cc1cccc(C)c1-c1cn(-c2c(C(C)C)cccc2C(C)C)c(-c2[c-]c(-c3cccc(-c4ccccc4O)n3)ccc2)n1.[CH3-].[Pt+2]. The van der Waals surface area contributed by atoms with Crippen LogP contribution in [0.4, 0.5) is 0 Å². The summed E-state index contributed by atoms with van der Waals surface area (Å²) in [6.45, 7) is 13.3. The van der Waals surface area contributed by atoms with Crippen molar-refractivity contribution in [3.63, 3.8) is 0 Å². The first-order valence-electron chi connectivity index (χ1n) is 15.3. The number of hydrogen-bond donors (Lipinski definition) is 1. The van der Waals surface area contributed by atoms with Crippen molar-refractivity contribution in [1.29, 1.82) is 0 Å². The summed E-state index contributed by atoms with van der Waals surface area (Å²) >= 11 is 0. The summed E-state index contributed by atoms with van der Waals surface area (Å²) in [5.41, 5.74) is 12.2. The molecule has 0 aliphatic heterocycles. The van der Waals surface area contributed by atoms with E-state index in [2.05, 4.69) is 101 Å². The minimum atomic E-state index is 0. The summed E-state index contributed by atoms with van der Waals surface area (Å²) in [4.78, 5) is 10.3. The Hall–Kier alpha value is -4.27. The standard InChI is InChI=1S/C40H38N3O.CH3.Pt/c1-25(2)31-18-11-19-32(26(3)4)39(31)43-24-36(38-27(5)13-9-14-28(38)6)42-40(43)30-16-10-15-29(23-30)34-20-12-21-35(41-34)33-17-7-8-22-37(33)44;;/h7-22,24-26,44H,1-6H3;1H3;/q2*-1;+2. The number of nitrogens with zero attached hydrogens (tertiary/aromatic N) is 3. The van der Waals surface area contributed by atoms with Crippen LogP contribution in [0, 0.1) is 27.3 Å². The molecule has 236 valence electrons. The topological polar surface area (TPSA) is 50.9 Å². The van der Waals surface area contributed by atoms with Gasteiger partial charge in [0.05, 0.1) is 17.2 Å². The van der Waals surface area contributed by atoms with Crippen molar-refractivity contribution in [2.45, 2.75) is 53.4 Å². The monoisotopic (exact) mass is 786 g/mol. The maximum absolute atomic E-state index is 10.5. The van der Waals surface area contributed by atoms with Crippen molar-refractivity contribution in [3.8, 4) is 56.6 Å². The number of phenols is 1. The van der Waals surface area contributed by atoms with Crippen LogP contribution in [0.15, 0.2) is 103 Å². The van der Waals surface area contributed by atoms with Gasteiger partial charge in [-0.3, -0.25) is 9.97 Å². The number of hydrogen-bond acceptors (Lipinski definition) is 3. The number of aromatic nitrogens is 3. The van der Waals surface area contributed by atoms with Gasteiger partial charge in [-0.1, -0.05) is 99.5 Å². The van der Waals surface area contributed by atoms with Crippen molar-refractivity contribution in [1.82, 2.24) is 14.5 Å². The van der Waals surface area contributed by atoms with Gasteiger partial charge in [-0.25, -0.2) is 0 Å². The molecule has 0 atom stereocenters. The largest absolute Gasteiger partial charge is 2.00 e. The molecule has 0 aliphatic carbocycles. The van der Waals surface area contributed by atoms with Crippen molar-refractivity contribution < 1.29 is 26.2 Å². The van der Waals surface area contributed by atoms with Crippen molar-refractivity contribution in [3.05, 3.63) is 139 Å². The summed E-state index contributed by atoms with van der Waals surface area (Å²) < 4.78 is 2.29. The van der Waals surface area contributed by atoms with Crippen LogP contribution in [0.3, 0.4) is 0 Å². The fraction of sp³-hybridized carbons (Fsp3) is 0.195. The third-order valence-electron chi connectivity index (χ3n) is 8.27. The first kappa shape index (κ1) is 34.6. The molecule has 5 heteroatoms. The molecule has 0 bridgehead atoms. The van der Waals surface area contributed by atoms with Gasteiger partial charge in [0.25, 0.3) is 0 Å². The van der Waals surface area contributed by atoms with E-state index in [4.69, 9.17) is 9.97 Å². The van der Waals surface area contributed by atoms with Crippen LogP contribution in [-0.2, 0) is 21.1 Å². The second kappa shape index (κ2) is 14.4. The fourth-order valence-corrected chi connectivity index (χ4v) is 6.04. The summed E-state index contributed by atoms with van der Waals surface area (Å²) in [6, 6.07) is 36.0. The number of rotatable bonds is 7. The Morgan fingerprint density at radius 3 is 1.85 bits per heavy atom. The summed E-state index contributed by atoms with van der Waals surface area (Å²) in [5, 5.41) is 10.5. The molecule has 0 radical (unpaired) electrons. The summed E-state index contributed by atoms with van der Waals surface area (Å²) in [7, 11) is 0. The Labute approximate surface area is 288 Å². The molecule has 0 saturated carbocycles. The van der Waals surface area contributed by atoms with Crippen LogP contribution >= 0.6 is 0 Å². The summed E-state index contributed by atoms with van der Waals surface area (Å²) in [5.74, 6) is 1.72. The third kappa shape index (κ3) is 6.64. The predicted molar refractivity (Wildman–Crippen MR) is 188 cm³/mol. The average Bonchev–Trinajstić information content (AvgIpc) is 3.45. The van der Waals surface area contributed by atoms with Crippen molar-refractivity contribution in [2.75, 3.05) is 0 Å². The molecule has 0 amide bonds. The Kier molecular flexibility index (Phi) is 10.9. The van der Waals surface area contributed by atoms with Gasteiger partial charge in [0.15, 0.2) is 0 Å². The second-order valence-corrected chi connectivity index (χ2v) is 12.1. The Bertz CT molecular complexity index is 1920. The number of imidazole rings is 1. The van der Waals surface area contributed by atoms with E-state index < -0.39 is 0 Å². The minimum absolute atomic E-state index is 0. The molecular formula is C41H41N3OPt. The first-order valence-corrected chi connectivity index (χ1v) is 15.3. The maximum Gasteiger partial charge on any atom is 2.00 e. The molecule has 1 N–H and O–H groups in total. The normalized spacial score (nSPS) is 11.0. The number of pyridine rings is 1. The van der Waals surface area contributed by atoms with Gasteiger partial charge >= 0.3 is 21.1 Å². The Morgan fingerprint density at radius 1 is 0.630 bits per heavy atom. The molecule has 0 aliphatic rings. The van der Waals surface area contributed by atoms with E-state index in [0.29, 0.717) is 23.1 Å². The van der Waals surface area contributed by atoms with E-state index in [9.17, 15) is 5.11 Å². The summed E-state index contributed by atoms with van der Waals surface area (Å²) in [6.07, 6.45) is 2.20. The zero-order valence-electron chi connectivity index (χ0n) is 27.6. The molecule has 4 nitrogen and oxygen atoms in total. The van der Waals surface area contributed by atoms with Gasteiger partial charge in [-0.15, -0.1) is 24.3 Å². The molecule has 6 aromatic rings. The quantitative estimate of drug-likeness (QED) is 0.164. The zero-order chi connectivity index (χ0) is 31.0. The molecule has 0 spiro atoms. The van der Waals surface area contributed by atoms with E-state index in [-0.39, 0.29) is 34.2 Å². The van der Waals surface area contributed by atoms with E-state index >= 15 is 0 Å². The molecule has 2 aromatic heterocycles. The van der Waals surface area contributed by atoms with E-state index in [1.807, 2.05) is 48.5 Å². The van der Waals surface area contributed by atoms with Gasteiger partial charge in [0.1, 0.15) is 5.75 Å². The molecule has 2 heterocycles. The van der Waals surface area contributed by atoms with Crippen LogP contribution in [0.5, 0.6) is 5.75 Å². The fourth-order valence-electron chi connectivity index (χ4n) is 6.04. The van der Waals surface area contributed by atoms with Crippen molar-refractivity contribution in [2.24, 2.45) is 0 Å². The smallest absolute Gasteiger partial charge is 0.507 e. The Morgan fingerprint density at radius 2 is 1.20 bits per heavy atom. The number of aryl methyl sites for hydroxylation is 2. The number of phenolic OH excluding ortho intramolecular Hbond substituents is 1. The predicted octanol–water partition coefficient (Wildman–Crippen LogP) is 10.8. The maximum atomic E-state index is 10.5. The molecule has 0 saturated heterocycles. The zero-order valence-corrected chi connectivity index (χ0v) is 29.8. The first-order chi connectivity index (χ1) is 21.2. The van der Waals surface area contributed by atoms with Gasteiger partial charge in [-0.2, -0.15) is 0 Å². The van der Waals surface area contributed by atoms with Gasteiger partial charge in [0.2, 0.25) is 0 Å². The van der Waals surface area contributed by atoms with Crippen LogP contribution in [0.1, 0.15) is 61.8 Å². The molecule has 6 rings (SSSR count). The van der Waals surface area contributed by atoms with E-state index in [0.717, 1.165) is 33.9 Å². The van der Waals surface area contributed by atoms with Crippen molar-refractivity contribution >= 4 is 0 Å².